The number of nitrogens with one attached hydrogen (secondary N) is 1. The van der Waals surface area contributed by atoms with E-state index in [1.165, 1.54) is 16.7 Å². The number of aliphatic hydroxyl groups excluding tert-OH is 1. The molecule has 34 heavy (non-hydrogen) atoms. The average Bonchev–Trinajstić information content (AvgIpc) is 2.98. The number of nitrogens with zero attached hydrogens (tertiary/aromatic N) is 4. The van der Waals surface area contributed by atoms with Crippen molar-refractivity contribution in [3.05, 3.63) is 77.1 Å². The first-order valence-corrected chi connectivity index (χ1v) is 11.6. The maximum Gasteiger partial charge on any atom is 0.257 e. The zero-order valence-electron chi connectivity index (χ0n) is 19.3. The highest BCUT2D eigenvalue weighted by molar-refractivity contribution is 5.98. The van der Waals surface area contributed by atoms with Gasteiger partial charge in [0.15, 0.2) is 0 Å². The number of aliphatic hydroxyl groups is 1. The van der Waals surface area contributed by atoms with E-state index in [1.807, 2.05) is 6.07 Å². The summed E-state index contributed by atoms with van der Waals surface area (Å²) in [6.45, 7) is 5.47. The molecule has 3 aromatic rings. The third kappa shape index (κ3) is 5.03. The number of ether oxygens (including phenoxy) is 1. The van der Waals surface area contributed by atoms with E-state index < -0.39 is 6.10 Å². The van der Waals surface area contributed by atoms with Crippen LogP contribution >= 0.6 is 0 Å². The Hall–Kier alpha value is -3.49. The lowest BCUT2D eigenvalue weighted by Gasteiger charge is -2.32. The molecule has 8 nitrogen and oxygen atoms in total. The van der Waals surface area contributed by atoms with Crippen LogP contribution in [0.5, 0.6) is 5.75 Å². The SMILES string of the molecule is Cc1ccc2c(c1)CCN(C[C@@H](O)CN1CCOc3ccc(Nc4ccnnc4)cc3C1=O)C2. The van der Waals surface area contributed by atoms with Gasteiger partial charge in [0.05, 0.1) is 36.3 Å². The molecule has 0 radical (unpaired) electrons. The van der Waals surface area contributed by atoms with Gasteiger partial charge in [0, 0.05) is 31.9 Å². The van der Waals surface area contributed by atoms with Crippen molar-refractivity contribution in [2.75, 3.05) is 38.1 Å². The molecule has 3 heterocycles. The summed E-state index contributed by atoms with van der Waals surface area (Å²) in [6, 6.07) is 13.8. The van der Waals surface area contributed by atoms with Gasteiger partial charge in [0.25, 0.3) is 5.91 Å². The number of aromatic nitrogens is 2. The second-order valence-corrected chi connectivity index (χ2v) is 8.98. The van der Waals surface area contributed by atoms with Crippen molar-refractivity contribution in [1.82, 2.24) is 20.0 Å². The molecule has 1 amide bonds. The van der Waals surface area contributed by atoms with E-state index in [0.29, 0.717) is 31.0 Å². The second kappa shape index (κ2) is 9.79. The van der Waals surface area contributed by atoms with Gasteiger partial charge in [-0.15, -0.1) is 0 Å². The summed E-state index contributed by atoms with van der Waals surface area (Å²) in [5.41, 5.74) is 6.02. The molecule has 2 N–H and O–H groups in total. The highest BCUT2D eigenvalue weighted by Crippen LogP contribution is 2.28. The monoisotopic (exact) mass is 459 g/mol. The zero-order valence-corrected chi connectivity index (χ0v) is 19.3. The Labute approximate surface area is 199 Å². The fourth-order valence-electron chi connectivity index (χ4n) is 4.65. The number of benzene rings is 2. The van der Waals surface area contributed by atoms with E-state index in [9.17, 15) is 9.90 Å². The van der Waals surface area contributed by atoms with Crippen molar-refractivity contribution in [3.63, 3.8) is 0 Å². The Bertz CT molecular complexity index is 1170. The van der Waals surface area contributed by atoms with Crippen LogP contribution in [0.15, 0.2) is 54.9 Å². The summed E-state index contributed by atoms with van der Waals surface area (Å²) in [6.07, 6.45) is 3.57. The number of aryl methyl sites for hydroxylation is 1. The molecule has 0 unspecified atom stereocenters. The normalized spacial score (nSPS) is 16.8. The van der Waals surface area contributed by atoms with E-state index in [1.54, 1.807) is 35.5 Å². The summed E-state index contributed by atoms with van der Waals surface area (Å²) >= 11 is 0. The fourth-order valence-corrected chi connectivity index (χ4v) is 4.65. The molecule has 0 fully saturated rings. The molecule has 0 aliphatic carbocycles. The van der Waals surface area contributed by atoms with E-state index in [4.69, 9.17) is 4.74 Å². The van der Waals surface area contributed by atoms with Crippen LogP contribution < -0.4 is 10.1 Å². The lowest BCUT2D eigenvalue weighted by molar-refractivity contribution is 0.0501. The molecular weight excluding hydrogens is 430 g/mol. The van der Waals surface area contributed by atoms with Crippen LogP contribution in [0.4, 0.5) is 11.4 Å². The molecule has 0 saturated heterocycles. The van der Waals surface area contributed by atoms with Gasteiger partial charge in [-0.3, -0.25) is 9.69 Å². The average molecular weight is 460 g/mol. The van der Waals surface area contributed by atoms with Crippen molar-refractivity contribution in [2.45, 2.75) is 26.0 Å². The van der Waals surface area contributed by atoms with E-state index >= 15 is 0 Å². The third-order valence-electron chi connectivity index (χ3n) is 6.34. The van der Waals surface area contributed by atoms with Gasteiger partial charge in [0.2, 0.25) is 0 Å². The van der Waals surface area contributed by atoms with Gasteiger partial charge in [-0.25, -0.2) is 0 Å². The fraction of sp³-hybridized carbons (Fsp3) is 0.346. The number of amides is 1. The van der Waals surface area contributed by atoms with Crippen LogP contribution in [0.3, 0.4) is 0 Å². The predicted molar refractivity (Wildman–Crippen MR) is 129 cm³/mol. The number of hydrogen-bond donors (Lipinski definition) is 2. The molecular formula is C26H29N5O3. The lowest BCUT2D eigenvalue weighted by Crippen LogP contribution is -2.44. The molecule has 2 aliphatic rings. The predicted octanol–water partition coefficient (Wildman–Crippen LogP) is 2.78. The first kappa shape index (κ1) is 22.3. The van der Waals surface area contributed by atoms with E-state index in [0.717, 1.165) is 30.9 Å². The molecule has 176 valence electrons. The van der Waals surface area contributed by atoms with Crippen molar-refractivity contribution in [2.24, 2.45) is 0 Å². The lowest BCUT2D eigenvalue weighted by atomic mass is 9.97. The number of hydrogen-bond acceptors (Lipinski definition) is 7. The first-order chi connectivity index (χ1) is 16.5. The van der Waals surface area contributed by atoms with Crippen LogP contribution in [0, 0.1) is 6.92 Å². The molecule has 2 aliphatic heterocycles. The third-order valence-corrected chi connectivity index (χ3v) is 6.34. The molecule has 0 bridgehead atoms. The van der Waals surface area contributed by atoms with Crippen molar-refractivity contribution in [1.29, 1.82) is 0 Å². The van der Waals surface area contributed by atoms with Gasteiger partial charge < -0.3 is 20.1 Å². The van der Waals surface area contributed by atoms with Crippen molar-refractivity contribution in [3.8, 4) is 5.75 Å². The van der Waals surface area contributed by atoms with Gasteiger partial charge in [-0.1, -0.05) is 23.8 Å². The number of anilines is 2. The number of β-amino-alcohol motifs (C(OH)–C–C–N with tert-alkyl or cyclic N) is 1. The molecule has 0 spiro atoms. The summed E-state index contributed by atoms with van der Waals surface area (Å²) in [5.74, 6) is 0.422. The van der Waals surface area contributed by atoms with E-state index in [2.05, 4.69) is 45.5 Å². The van der Waals surface area contributed by atoms with Gasteiger partial charge in [-0.2, -0.15) is 10.2 Å². The largest absolute Gasteiger partial charge is 0.491 e. The summed E-state index contributed by atoms with van der Waals surface area (Å²) in [4.78, 5) is 17.3. The summed E-state index contributed by atoms with van der Waals surface area (Å²) in [7, 11) is 0. The minimum atomic E-state index is -0.637. The number of carbonyl (C=O) groups is 1. The quantitative estimate of drug-likeness (QED) is 0.586. The van der Waals surface area contributed by atoms with Gasteiger partial charge in [0.1, 0.15) is 12.4 Å². The maximum atomic E-state index is 13.3. The highest BCUT2D eigenvalue weighted by Gasteiger charge is 2.27. The number of rotatable bonds is 6. The molecule has 2 aromatic carbocycles. The van der Waals surface area contributed by atoms with Crippen molar-refractivity contribution >= 4 is 17.3 Å². The number of fused-ring (bicyclic) bond motifs is 2. The molecule has 8 heteroatoms. The molecule has 5 rings (SSSR count). The molecule has 0 saturated carbocycles. The Morgan fingerprint density at radius 1 is 1.06 bits per heavy atom. The zero-order chi connectivity index (χ0) is 23.5. The minimum absolute atomic E-state index is 0.137. The van der Waals surface area contributed by atoms with Crippen LogP contribution in [0.1, 0.15) is 27.0 Å². The Morgan fingerprint density at radius 3 is 2.82 bits per heavy atom. The topological polar surface area (TPSA) is 90.8 Å². The van der Waals surface area contributed by atoms with Crippen molar-refractivity contribution < 1.29 is 14.6 Å². The smallest absolute Gasteiger partial charge is 0.257 e. The van der Waals surface area contributed by atoms with E-state index in [-0.39, 0.29) is 12.5 Å². The Kier molecular flexibility index (Phi) is 6.42. The summed E-state index contributed by atoms with van der Waals surface area (Å²) in [5, 5.41) is 21.7. The van der Waals surface area contributed by atoms with Crippen LogP contribution in [0.25, 0.3) is 0 Å². The van der Waals surface area contributed by atoms with Gasteiger partial charge in [-0.05, 0) is 48.7 Å². The second-order valence-electron chi connectivity index (χ2n) is 8.98. The number of carbonyl (C=O) groups excluding carboxylic acids is 1. The summed E-state index contributed by atoms with van der Waals surface area (Å²) < 4.78 is 5.83. The Balaban J connectivity index is 1.24. The van der Waals surface area contributed by atoms with Crippen LogP contribution in [0.2, 0.25) is 0 Å². The van der Waals surface area contributed by atoms with Crippen LogP contribution in [-0.4, -0.2) is 69.9 Å². The Morgan fingerprint density at radius 2 is 1.97 bits per heavy atom. The van der Waals surface area contributed by atoms with Gasteiger partial charge >= 0.3 is 0 Å². The standard InChI is InChI=1S/C26H29N5O3/c1-18-2-3-20-15-30(9-7-19(20)12-18)16-23(32)17-31-10-11-34-25-5-4-21(13-24(25)26(31)33)29-22-6-8-27-28-14-22/h2-6,8,12-14,23,32H,7,9-11,15-17H2,1H3,(H,27,29)/t23-/m1/s1. The molecule has 1 atom stereocenters. The highest BCUT2D eigenvalue weighted by atomic mass is 16.5. The van der Waals surface area contributed by atoms with Crippen LogP contribution in [-0.2, 0) is 13.0 Å². The first-order valence-electron chi connectivity index (χ1n) is 11.6. The molecule has 1 aromatic heterocycles. The maximum absolute atomic E-state index is 13.3. The minimum Gasteiger partial charge on any atom is -0.491 e.